The maximum absolute atomic E-state index is 13.2. The van der Waals surface area contributed by atoms with E-state index in [1.165, 1.54) is 18.6 Å². The lowest BCUT2D eigenvalue weighted by Crippen LogP contribution is -2.44. The van der Waals surface area contributed by atoms with Gasteiger partial charge in [0.1, 0.15) is 5.82 Å². The first-order valence-electron chi connectivity index (χ1n) is 6.87. The standard InChI is InChI=1S/C14H21BFNO2/c1-10-4-3-7-17(11(10)2)9-12-5-6-13(16)8-14(12)15(18)19/h5-6,8,10-11,18-19H,3-4,7,9H2,1-2H3. The van der Waals surface area contributed by atoms with E-state index in [0.29, 0.717) is 18.5 Å². The van der Waals surface area contributed by atoms with Crippen LogP contribution in [0.1, 0.15) is 32.3 Å². The van der Waals surface area contributed by atoms with Crippen molar-refractivity contribution >= 4 is 12.6 Å². The van der Waals surface area contributed by atoms with Crippen molar-refractivity contribution in [1.29, 1.82) is 0 Å². The topological polar surface area (TPSA) is 43.7 Å². The fraction of sp³-hybridized carbons (Fsp3) is 0.571. The van der Waals surface area contributed by atoms with Crippen LogP contribution >= 0.6 is 0 Å². The minimum absolute atomic E-state index is 0.269. The number of rotatable bonds is 3. The maximum Gasteiger partial charge on any atom is 0.488 e. The van der Waals surface area contributed by atoms with E-state index < -0.39 is 12.9 Å². The summed E-state index contributed by atoms with van der Waals surface area (Å²) in [5.41, 5.74) is 1.06. The highest BCUT2D eigenvalue weighted by Gasteiger charge is 2.26. The molecule has 1 saturated heterocycles. The van der Waals surface area contributed by atoms with Gasteiger partial charge in [0.2, 0.25) is 0 Å². The maximum atomic E-state index is 13.2. The lowest BCUT2D eigenvalue weighted by atomic mass is 9.76. The molecule has 1 heterocycles. The summed E-state index contributed by atoms with van der Waals surface area (Å²) in [7, 11) is -1.62. The first-order chi connectivity index (χ1) is 8.99. The molecule has 0 saturated carbocycles. The van der Waals surface area contributed by atoms with Crippen molar-refractivity contribution in [3.05, 3.63) is 29.6 Å². The van der Waals surface area contributed by atoms with Gasteiger partial charge in [-0.1, -0.05) is 13.0 Å². The Hall–Kier alpha value is -0.905. The molecule has 0 aliphatic carbocycles. The van der Waals surface area contributed by atoms with Crippen LogP contribution < -0.4 is 5.46 Å². The zero-order chi connectivity index (χ0) is 14.0. The molecule has 1 fully saturated rings. The van der Waals surface area contributed by atoms with Crippen molar-refractivity contribution in [2.45, 2.75) is 39.3 Å². The van der Waals surface area contributed by atoms with Gasteiger partial charge < -0.3 is 10.0 Å². The van der Waals surface area contributed by atoms with Gasteiger partial charge in [-0.05, 0) is 55.4 Å². The second kappa shape index (κ2) is 6.03. The Morgan fingerprint density at radius 3 is 2.79 bits per heavy atom. The van der Waals surface area contributed by atoms with Crippen LogP contribution in [-0.4, -0.2) is 34.7 Å². The molecule has 0 aromatic heterocycles. The quantitative estimate of drug-likeness (QED) is 0.805. The summed E-state index contributed by atoms with van der Waals surface area (Å²) >= 11 is 0. The van der Waals surface area contributed by atoms with Crippen molar-refractivity contribution < 1.29 is 14.4 Å². The molecule has 0 bridgehead atoms. The second-order valence-electron chi connectivity index (χ2n) is 5.55. The smallest absolute Gasteiger partial charge is 0.423 e. The van der Waals surface area contributed by atoms with E-state index in [1.54, 1.807) is 6.07 Å². The Morgan fingerprint density at radius 1 is 1.37 bits per heavy atom. The number of hydrogen-bond donors (Lipinski definition) is 2. The van der Waals surface area contributed by atoms with E-state index in [0.717, 1.165) is 18.5 Å². The molecule has 3 nitrogen and oxygen atoms in total. The number of piperidine rings is 1. The van der Waals surface area contributed by atoms with Gasteiger partial charge in [0.15, 0.2) is 0 Å². The van der Waals surface area contributed by atoms with Gasteiger partial charge in [-0.15, -0.1) is 0 Å². The van der Waals surface area contributed by atoms with Crippen molar-refractivity contribution in [1.82, 2.24) is 4.90 Å². The van der Waals surface area contributed by atoms with E-state index in [1.807, 2.05) is 0 Å². The highest BCUT2D eigenvalue weighted by molar-refractivity contribution is 6.59. The molecule has 1 aliphatic heterocycles. The highest BCUT2D eigenvalue weighted by atomic mass is 19.1. The Morgan fingerprint density at radius 2 is 2.11 bits per heavy atom. The van der Waals surface area contributed by atoms with Gasteiger partial charge in [-0.3, -0.25) is 4.90 Å². The van der Waals surface area contributed by atoms with Crippen LogP contribution in [-0.2, 0) is 6.54 Å². The largest absolute Gasteiger partial charge is 0.488 e. The van der Waals surface area contributed by atoms with Gasteiger partial charge in [-0.2, -0.15) is 0 Å². The molecular weight excluding hydrogens is 244 g/mol. The van der Waals surface area contributed by atoms with E-state index in [-0.39, 0.29) is 5.46 Å². The van der Waals surface area contributed by atoms with Crippen molar-refractivity contribution in [3.8, 4) is 0 Å². The Bertz CT molecular complexity index is 441. The van der Waals surface area contributed by atoms with Crippen LogP contribution in [0, 0.1) is 11.7 Å². The molecule has 0 radical (unpaired) electrons. The van der Waals surface area contributed by atoms with Crippen LogP contribution in [0.5, 0.6) is 0 Å². The third-order valence-corrected chi connectivity index (χ3v) is 4.26. The van der Waals surface area contributed by atoms with Crippen LogP contribution in [0.4, 0.5) is 4.39 Å². The molecule has 1 aromatic carbocycles. The van der Waals surface area contributed by atoms with Crippen LogP contribution in [0.25, 0.3) is 0 Å². The van der Waals surface area contributed by atoms with Crippen molar-refractivity contribution in [3.63, 3.8) is 0 Å². The SMILES string of the molecule is CC1CCCN(Cc2ccc(F)cc2B(O)O)C1C. The van der Waals surface area contributed by atoms with Gasteiger partial charge in [0.05, 0.1) is 0 Å². The minimum atomic E-state index is -1.62. The van der Waals surface area contributed by atoms with Gasteiger partial charge in [0, 0.05) is 12.6 Å². The lowest BCUT2D eigenvalue weighted by Gasteiger charge is -2.38. The number of likely N-dealkylation sites (tertiary alicyclic amines) is 1. The molecule has 2 rings (SSSR count). The number of nitrogens with zero attached hydrogens (tertiary/aromatic N) is 1. The van der Waals surface area contributed by atoms with Crippen LogP contribution in [0.15, 0.2) is 18.2 Å². The van der Waals surface area contributed by atoms with E-state index in [2.05, 4.69) is 18.7 Å². The molecule has 0 spiro atoms. The molecule has 5 heteroatoms. The summed E-state index contributed by atoms with van der Waals surface area (Å²) in [6.07, 6.45) is 2.39. The summed E-state index contributed by atoms with van der Waals surface area (Å²) < 4.78 is 13.2. The summed E-state index contributed by atoms with van der Waals surface area (Å²) in [5.74, 6) is 0.198. The molecule has 2 N–H and O–H groups in total. The molecule has 0 amide bonds. The average molecular weight is 265 g/mol. The molecule has 2 unspecified atom stereocenters. The van der Waals surface area contributed by atoms with Crippen LogP contribution in [0.3, 0.4) is 0 Å². The van der Waals surface area contributed by atoms with E-state index >= 15 is 0 Å². The zero-order valence-electron chi connectivity index (χ0n) is 11.5. The molecule has 104 valence electrons. The number of halogens is 1. The fourth-order valence-electron chi connectivity index (χ4n) is 2.81. The second-order valence-corrected chi connectivity index (χ2v) is 5.55. The van der Waals surface area contributed by atoms with Gasteiger partial charge in [0.25, 0.3) is 0 Å². The number of benzene rings is 1. The lowest BCUT2D eigenvalue weighted by molar-refractivity contribution is 0.107. The highest BCUT2D eigenvalue weighted by Crippen LogP contribution is 2.24. The fourth-order valence-corrected chi connectivity index (χ4v) is 2.81. The molecular formula is C14H21BFNO2. The summed E-state index contributed by atoms with van der Waals surface area (Å²) in [6, 6.07) is 4.69. The van der Waals surface area contributed by atoms with Gasteiger partial charge >= 0.3 is 7.12 Å². The Balaban J connectivity index is 2.18. The third kappa shape index (κ3) is 3.35. The third-order valence-electron chi connectivity index (χ3n) is 4.26. The first-order valence-corrected chi connectivity index (χ1v) is 6.87. The molecule has 2 atom stereocenters. The molecule has 1 aromatic rings. The predicted octanol–water partition coefficient (Wildman–Crippen LogP) is 1.13. The summed E-state index contributed by atoms with van der Waals surface area (Å²) in [4.78, 5) is 2.33. The first kappa shape index (κ1) is 14.5. The zero-order valence-corrected chi connectivity index (χ0v) is 11.5. The minimum Gasteiger partial charge on any atom is -0.423 e. The Kier molecular flexibility index (Phi) is 4.60. The molecule has 1 aliphatic rings. The number of hydrogen-bond acceptors (Lipinski definition) is 3. The van der Waals surface area contributed by atoms with E-state index in [9.17, 15) is 14.4 Å². The van der Waals surface area contributed by atoms with E-state index in [4.69, 9.17) is 0 Å². The van der Waals surface area contributed by atoms with Gasteiger partial charge in [-0.25, -0.2) is 4.39 Å². The van der Waals surface area contributed by atoms with Crippen molar-refractivity contribution in [2.24, 2.45) is 5.92 Å². The monoisotopic (exact) mass is 265 g/mol. The summed E-state index contributed by atoms with van der Waals surface area (Å²) in [6.45, 7) is 6.08. The normalized spacial score (nSPS) is 24.5. The summed E-state index contributed by atoms with van der Waals surface area (Å²) in [5, 5.41) is 18.7. The molecule has 19 heavy (non-hydrogen) atoms. The Labute approximate surface area is 114 Å². The van der Waals surface area contributed by atoms with Crippen LogP contribution in [0.2, 0.25) is 0 Å². The average Bonchev–Trinajstić information content (AvgIpc) is 2.36. The predicted molar refractivity (Wildman–Crippen MR) is 74.5 cm³/mol. The van der Waals surface area contributed by atoms with Crippen molar-refractivity contribution in [2.75, 3.05) is 6.54 Å².